The lowest BCUT2D eigenvalue weighted by molar-refractivity contribution is -0.307. The van der Waals surface area contributed by atoms with E-state index in [-0.39, 0.29) is 29.3 Å². The van der Waals surface area contributed by atoms with Crippen molar-refractivity contribution in [3.05, 3.63) is 98.2 Å². The van der Waals surface area contributed by atoms with Gasteiger partial charge in [0.15, 0.2) is 6.29 Å². The van der Waals surface area contributed by atoms with Crippen LogP contribution >= 0.6 is 0 Å². The number of benzene rings is 2. The standard InChI is InChI=1S/C45H52O20/c1-19-7-9-45(2,24(11-19)23-13-21-4-6-33(49)61-27(21)15-29(23)63-44-40(56)37(53)35(51)30(16-46)64-44)10-8-22-12-20-3-5-32(48)60-26(20)14-28(22)62-43-41(57)38(54)36(52)31(65-43)18-59-42-39(55)34(50)25(47)17-58-42/h3-6,8,10-15,24-25,30-31,34-44,46-47,50-57H,7,9,16-18H2,1-2H3/b10-8+/t24-,25-,30-,31-,34+,35-,36-,37+,38+,39-,40-,41-,42?,43-,44-,45+/m1/s1. The fourth-order valence-corrected chi connectivity index (χ4v) is 8.58. The fraction of sp³-hybridized carbons (Fsp3) is 0.511. The van der Waals surface area contributed by atoms with Crippen molar-refractivity contribution in [2.75, 3.05) is 19.8 Å². The second-order valence-electron chi connectivity index (χ2n) is 17.2. The monoisotopic (exact) mass is 912 g/mol. The molecule has 20 heteroatoms. The molecular weight excluding hydrogens is 860 g/mol. The molecule has 352 valence electrons. The Balaban J connectivity index is 1.13. The van der Waals surface area contributed by atoms with Crippen LogP contribution in [0.4, 0.5) is 0 Å². The van der Waals surface area contributed by atoms with E-state index < -0.39 is 122 Å². The topological polar surface area (TPSA) is 318 Å². The van der Waals surface area contributed by atoms with Gasteiger partial charge in [0, 0.05) is 52.1 Å². The molecule has 16 atom stereocenters. The predicted octanol–water partition coefficient (Wildman–Crippen LogP) is -0.736. The zero-order chi connectivity index (χ0) is 46.5. The van der Waals surface area contributed by atoms with E-state index in [9.17, 15) is 60.7 Å². The van der Waals surface area contributed by atoms with Gasteiger partial charge in [0.05, 0.1) is 19.8 Å². The number of hydrogen-bond donors (Lipinski definition) is 10. The van der Waals surface area contributed by atoms with Crippen molar-refractivity contribution < 1.29 is 88.3 Å². The molecule has 0 radical (unpaired) electrons. The molecule has 65 heavy (non-hydrogen) atoms. The molecule has 4 aromatic rings. The first-order valence-corrected chi connectivity index (χ1v) is 21.1. The van der Waals surface area contributed by atoms with E-state index in [2.05, 4.69) is 0 Å². The van der Waals surface area contributed by atoms with Crippen LogP contribution in [-0.2, 0) is 18.9 Å². The summed E-state index contributed by atoms with van der Waals surface area (Å²) >= 11 is 0. The van der Waals surface area contributed by atoms with Crippen LogP contribution in [0.2, 0.25) is 0 Å². The van der Waals surface area contributed by atoms with Gasteiger partial charge < -0.3 is 88.3 Å². The average Bonchev–Trinajstić information content (AvgIpc) is 3.28. The van der Waals surface area contributed by atoms with E-state index >= 15 is 0 Å². The summed E-state index contributed by atoms with van der Waals surface area (Å²) in [4.78, 5) is 24.6. The zero-order valence-electron chi connectivity index (χ0n) is 35.1. The van der Waals surface area contributed by atoms with Crippen molar-refractivity contribution in [3.8, 4) is 11.5 Å². The van der Waals surface area contributed by atoms with Crippen LogP contribution in [0.15, 0.2) is 84.7 Å². The maximum Gasteiger partial charge on any atom is 0.336 e. The minimum atomic E-state index is -1.82. The van der Waals surface area contributed by atoms with Crippen molar-refractivity contribution in [3.63, 3.8) is 0 Å². The quantitative estimate of drug-likeness (QED) is 0.0655. The molecule has 3 fully saturated rings. The van der Waals surface area contributed by atoms with Crippen molar-refractivity contribution in [1.29, 1.82) is 0 Å². The van der Waals surface area contributed by atoms with Gasteiger partial charge in [0.2, 0.25) is 12.6 Å². The van der Waals surface area contributed by atoms with E-state index in [1.165, 1.54) is 24.3 Å². The van der Waals surface area contributed by atoms with Crippen molar-refractivity contribution in [2.45, 2.75) is 119 Å². The third kappa shape index (κ3) is 9.51. The molecule has 5 heterocycles. The normalized spacial score (nSPS) is 36.8. The highest BCUT2D eigenvalue weighted by atomic mass is 16.7. The largest absolute Gasteiger partial charge is 0.462 e. The molecule has 2 aromatic heterocycles. The van der Waals surface area contributed by atoms with Gasteiger partial charge >= 0.3 is 11.3 Å². The summed E-state index contributed by atoms with van der Waals surface area (Å²) in [6, 6.07) is 12.0. The molecule has 20 nitrogen and oxygen atoms in total. The van der Waals surface area contributed by atoms with Gasteiger partial charge in [-0.25, -0.2) is 9.59 Å². The molecule has 0 amide bonds. The second-order valence-corrected chi connectivity index (χ2v) is 17.2. The van der Waals surface area contributed by atoms with Crippen molar-refractivity contribution >= 4 is 28.0 Å². The molecular formula is C45H52O20. The molecule has 0 bridgehead atoms. The second kappa shape index (κ2) is 18.9. The molecule has 1 unspecified atom stereocenters. The number of allylic oxidation sites excluding steroid dienone is 3. The zero-order valence-corrected chi connectivity index (χ0v) is 35.1. The summed E-state index contributed by atoms with van der Waals surface area (Å²) < 4.78 is 45.8. The Morgan fingerprint density at radius 1 is 0.692 bits per heavy atom. The fourth-order valence-electron chi connectivity index (χ4n) is 8.58. The van der Waals surface area contributed by atoms with E-state index in [1.54, 1.807) is 30.3 Å². The first kappa shape index (κ1) is 46.9. The lowest BCUT2D eigenvalue weighted by atomic mass is 9.66. The highest BCUT2D eigenvalue weighted by Gasteiger charge is 2.48. The van der Waals surface area contributed by atoms with Crippen LogP contribution in [0.25, 0.3) is 28.0 Å². The van der Waals surface area contributed by atoms with Gasteiger partial charge in [-0.15, -0.1) is 0 Å². The van der Waals surface area contributed by atoms with E-state index in [4.69, 9.17) is 37.3 Å². The summed E-state index contributed by atoms with van der Waals surface area (Å²) in [6.07, 6.45) is -15.4. The first-order valence-electron chi connectivity index (χ1n) is 21.1. The Hall–Kier alpha value is -4.62. The average molecular weight is 913 g/mol. The summed E-state index contributed by atoms with van der Waals surface area (Å²) in [7, 11) is 0. The maximum atomic E-state index is 12.3. The number of aliphatic hydroxyl groups is 10. The summed E-state index contributed by atoms with van der Waals surface area (Å²) in [6.45, 7) is 2.40. The number of rotatable bonds is 11. The minimum Gasteiger partial charge on any atom is -0.462 e. The maximum absolute atomic E-state index is 12.3. The number of ether oxygens (including phenoxy) is 6. The van der Waals surface area contributed by atoms with Crippen LogP contribution in [0, 0.1) is 5.41 Å². The Morgan fingerprint density at radius 2 is 1.26 bits per heavy atom. The summed E-state index contributed by atoms with van der Waals surface area (Å²) in [5.74, 6) is -0.366. The van der Waals surface area contributed by atoms with Crippen LogP contribution < -0.4 is 20.7 Å². The molecule has 2 aromatic carbocycles. The van der Waals surface area contributed by atoms with Crippen LogP contribution in [0.5, 0.6) is 11.5 Å². The van der Waals surface area contributed by atoms with Crippen LogP contribution in [0.1, 0.15) is 43.7 Å². The number of hydrogen-bond acceptors (Lipinski definition) is 20. The summed E-state index contributed by atoms with van der Waals surface area (Å²) in [5, 5.41) is 106. The molecule has 4 aliphatic rings. The minimum absolute atomic E-state index is 0.0219. The molecule has 0 spiro atoms. The molecule has 8 rings (SSSR count). The van der Waals surface area contributed by atoms with Crippen molar-refractivity contribution in [1.82, 2.24) is 0 Å². The van der Waals surface area contributed by atoms with Crippen LogP contribution in [-0.4, -0.2) is 157 Å². The molecule has 1 aliphatic carbocycles. The highest BCUT2D eigenvalue weighted by molar-refractivity contribution is 5.83. The highest BCUT2D eigenvalue weighted by Crippen LogP contribution is 2.51. The Kier molecular flexibility index (Phi) is 13.7. The van der Waals surface area contributed by atoms with Gasteiger partial charge in [-0.1, -0.05) is 30.7 Å². The SMILES string of the molecule is CC1=C[C@H](c2cc3ccc(=O)oc3cc2O[C@@H]2O[C@H](CO)[C@@H](O)[C@H](O)[C@H]2O)[C@](C)(/C=C/c2cc3ccc(=O)oc3cc2O[C@@H]2O[C@H](COC3OC[C@@H](O)[C@H](O)[C@H]3O)[C@@H](O)[C@H](O)[C@H]2O)CC1. The smallest absolute Gasteiger partial charge is 0.336 e. The van der Waals surface area contributed by atoms with Crippen LogP contribution in [0.3, 0.4) is 0 Å². The Morgan fingerprint density at radius 3 is 1.91 bits per heavy atom. The van der Waals surface area contributed by atoms with Gasteiger partial charge in [0.1, 0.15) is 89.8 Å². The number of fused-ring (bicyclic) bond motifs is 2. The first-order chi connectivity index (χ1) is 30.9. The van der Waals surface area contributed by atoms with Crippen molar-refractivity contribution in [2.24, 2.45) is 5.41 Å². The molecule has 3 saturated heterocycles. The van der Waals surface area contributed by atoms with Gasteiger partial charge in [-0.2, -0.15) is 0 Å². The third-order valence-corrected chi connectivity index (χ3v) is 12.6. The Labute approximate surface area is 369 Å². The van der Waals surface area contributed by atoms with E-state index in [1.807, 2.05) is 26.0 Å². The van der Waals surface area contributed by atoms with E-state index in [0.717, 1.165) is 5.57 Å². The molecule has 3 aliphatic heterocycles. The molecule has 0 saturated carbocycles. The molecule has 10 N–H and O–H groups in total. The lowest BCUT2D eigenvalue weighted by Gasteiger charge is -2.41. The third-order valence-electron chi connectivity index (χ3n) is 12.6. The summed E-state index contributed by atoms with van der Waals surface area (Å²) in [5.41, 5.74) is 0.199. The number of aliphatic hydroxyl groups excluding tert-OH is 10. The van der Waals surface area contributed by atoms with Gasteiger partial charge in [-0.05, 0) is 49.4 Å². The van der Waals surface area contributed by atoms with E-state index in [0.29, 0.717) is 34.7 Å². The Bertz CT molecular complexity index is 2520. The van der Waals surface area contributed by atoms with Gasteiger partial charge in [-0.3, -0.25) is 0 Å². The van der Waals surface area contributed by atoms with Gasteiger partial charge in [0.25, 0.3) is 0 Å². The predicted molar refractivity (Wildman–Crippen MR) is 223 cm³/mol. The lowest BCUT2D eigenvalue weighted by Crippen LogP contribution is -2.61.